The maximum atomic E-state index is 11.3. The number of carbonyl (C=O) groups excluding carboxylic acids is 1. The van der Waals surface area contributed by atoms with Gasteiger partial charge < -0.3 is 4.74 Å². The maximum absolute atomic E-state index is 11.3. The SMILES string of the molecule is CCCC(C)C(=O)OC(C)(C)C. The van der Waals surface area contributed by atoms with Crippen molar-refractivity contribution in [2.24, 2.45) is 5.92 Å². The topological polar surface area (TPSA) is 26.3 Å². The van der Waals surface area contributed by atoms with Crippen molar-refractivity contribution in [3.8, 4) is 0 Å². The summed E-state index contributed by atoms with van der Waals surface area (Å²) in [6, 6.07) is 0. The van der Waals surface area contributed by atoms with Crippen LogP contribution in [0.3, 0.4) is 0 Å². The molecule has 0 rings (SSSR count). The Morgan fingerprint density at radius 1 is 1.42 bits per heavy atom. The molecule has 12 heavy (non-hydrogen) atoms. The summed E-state index contributed by atoms with van der Waals surface area (Å²) in [4.78, 5) is 11.3. The van der Waals surface area contributed by atoms with E-state index in [2.05, 4.69) is 6.92 Å². The highest BCUT2D eigenvalue weighted by atomic mass is 16.6. The van der Waals surface area contributed by atoms with Crippen molar-refractivity contribution in [3.63, 3.8) is 0 Å². The molecule has 0 aromatic rings. The lowest BCUT2D eigenvalue weighted by molar-refractivity contribution is -0.159. The molecule has 0 spiro atoms. The van der Waals surface area contributed by atoms with Crippen molar-refractivity contribution < 1.29 is 9.53 Å². The highest BCUT2D eigenvalue weighted by molar-refractivity contribution is 5.72. The summed E-state index contributed by atoms with van der Waals surface area (Å²) in [5, 5.41) is 0. The van der Waals surface area contributed by atoms with Crippen molar-refractivity contribution in [2.75, 3.05) is 0 Å². The minimum Gasteiger partial charge on any atom is -0.460 e. The predicted molar refractivity (Wildman–Crippen MR) is 49.9 cm³/mol. The van der Waals surface area contributed by atoms with E-state index >= 15 is 0 Å². The van der Waals surface area contributed by atoms with Crippen LogP contribution in [0.25, 0.3) is 0 Å². The first-order valence-electron chi connectivity index (χ1n) is 4.59. The van der Waals surface area contributed by atoms with Crippen LogP contribution in [-0.4, -0.2) is 11.6 Å². The number of ether oxygens (including phenoxy) is 1. The molecular formula is C10H20O2. The van der Waals surface area contributed by atoms with E-state index in [1.807, 2.05) is 27.7 Å². The van der Waals surface area contributed by atoms with Gasteiger partial charge in [0.2, 0.25) is 0 Å². The predicted octanol–water partition coefficient (Wildman–Crippen LogP) is 2.76. The second-order valence-electron chi connectivity index (χ2n) is 4.22. The molecule has 0 aliphatic heterocycles. The van der Waals surface area contributed by atoms with E-state index in [1.54, 1.807) is 0 Å². The maximum Gasteiger partial charge on any atom is 0.309 e. The summed E-state index contributed by atoms with van der Waals surface area (Å²) in [7, 11) is 0. The van der Waals surface area contributed by atoms with Gasteiger partial charge in [0.05, 0.1) is 5.92 Å². The number of carbonyl (C=O) groups is 1. The highest BCUT2D eigenvalue weighted by Gasteiger charge is 2.20. The van der Waals surface area contributed by atoms with Crippen LogP contribution in [-0.2, 0) is 9.53 Å². The van der Waals surface area contributed by atoms with E-state index in [-0.39, 0.29) is 17.5 Å². The van der Waals surface area contributed by atoms with Crippen molar-refractivity contribution in [1.29, 1.82) is 0 Å². The van der Waals surface area contributed by atoms with Gasteiger partial charge in [0, 0.05) is 0 Å². The Labute approximate surface area is 75.3 Å². The second kappa shape index (κ2) is 4.48. The minimum absolute atomic E-state index is 0.0363. The third-order valence-corrected chi connectivity index (χ3v) is 1.53. The standard InChI is InChI=1S/C10H20O2/c1-6-7-8(2)9(11)12-10(3,4)5/h8H,6-7H2,1-5H3. The molecule has 2 nitrogen and oxygen atoms in total. The molecule has 0 radical (unpaired) electrons. The van der Waals surface area contributed by atoms with Gasteiger partial charge in [-0.25, -0.2) is 0 Å². The van der Waals surface area contributed by atoms with E-state index in [0.29, 0.717) is 0 Å². The smallest absolute Gasteiger partial charge is 0.309 e. The molecule has 0 amide bonds. The van der Waals surface area contributed by atoms with Gasteiger partial charge in [-0.1, -0.05) is 20.3 Å². The Morgan fingerprint density at radius 3 is 2.25 bits per heavy atom. The van der Waals surface area contributed by atoms with Gasteiger partial charge in [0.25, 0.3) is 0 Å². The Hall–Kier alpha value is -0.530. The Morgan fingerprint density at radius 2 is 1.92 bits per heavy atom. The Kier molecular flexibility index (Phi) is 4.29. The van der Waals surface area contributed by atoms with Crippen LogP contribution in [0.4, 0.5) is 0 Å². The summed E-state index contributed by atoms with van der Waals surface area (Å²) < 4.78 is 5.21. The monoisotopic (exact) mass is 172 g/mol. The average molecular weight is 172 g/mol. The first-order chi connectivity index (χ1) is 5.37. The van der Waals surface area contributed by atoms with Crippen LogP contribution < -0.4 is 0 Å². The molecule has 1 atom stereocenters. The Bertz CT molecular complexity index is 144. The van der Waals surface area contributed by atoms with Crippen LogP contribution >= 0.6 is 0 Å². The van der Waals surface area contributed by atoms with E-state index < -0.39 is 0 Å². The zero-order chi connectivity index (χ0) is 9.78. The highest BCUT2D eigenvalue weighted by Crippen LogP contribution is 2.14. The third-order valence-electron chi connectivity index (χ3n) is 1.53. The molecular weight excluding hydrogens is 152 g/mol. The van der Waals surface area contributed by atoms with E-state index in [0.717, 1.165) is 12.8 Å². The summed E-state index contributed by atoms with van der Waals surface area (Å²) >= 11 is 0. The molecule has 0 N–H and O–H groups in total. The van der Waals surface area contributed by atoms with E-state index in [9.17, 15) is 4.79 Å². The zero-order valence-electron chi connectivity index (χ0n) is 8.81. The summed E-state index contributed by atoms with van der Waals surface area (Å²) in [6.45, 7) is 9.66. The molecule has 72 valence electrons. The van der Waals surface area contributed by atoms with Crippen LogP contribution in [0.15, 0.2) is 0 Å². The lowest BCUT2D eigenvalue weighted by atomic mass is 10.1. The quantitative estimate of drug-likeness (QED) is 0.612. The van der Waals surface area contributed by atoms with Gasteiger partial charge >= 0.3 is 5.97 Å². The van der Waals surface area contributed by atoms with Crippen molar-refractivity contribution >= 4 is 5.97 Å². The fourth-order valence-corrected chi connectivity index (χ4v) is 0.953. The second-order valence-corrected chi connectivity index (χ2v) is 4.22. The molecule has 0 fully saturated rings. The first-order valence-corrected chi connectivity index (χ1v) is 4.59. The molecule has 0 saturated carbocycles. The van der Waals surface area contributed by atoms with Gasteiger partial charge in [-0.05, 0) is 27.2 Å². The van der Waals surface area contributed by atoms with Gasteiger partial charge in [-0.15, -0.1) is 0 Å². The van der Waals surface area contributed by atoms with Crippen LogP contribution in [0, 0.1) is 5.92 Å². The molecule has 0 aliphatic rings. The molecule has 1 unspecified atom stereocenters. The molecule has 0 aromatic carbocycles. The van der Waals surface area contributed by atoms with E-state index in [4.69, 9.17) is 4.74 Å². The van der Waals surface area contributed by atoms with Crippen LogP contribution in [0.2, 0.25) is 0 Å². The molecule has 0 aliphatic carbocycles. The molecule has 2 heteroatoms. The largest absolute Gasteiger partial charge is 0.460 e. The Balaban J connectivity index is 3.87. The van der Waals surface area contributed by atoms with Gasteiger partial charge in [-0.2, -0.15) is 0 Å². The third kappa shape index (κ3) is 5.16. The fraction of sp³-hybridized carbons (Fsp3) is 0.900. The number of hydrogen-bond acceptors (Lipinski definition) is 2. The number of rotatable bonds is 3. The van der Waals surface area contributed by atoms with Crippen LogP contribution in [0.5, 0.6) is 0 Å². The normalized spacial score (nSPS) is 14.1. The minimum atomic E-state index is -0.348. The molecule has 0 aromatic heterocycles. The summed E-state index contributed by atoms with van der Waals surface area (Å²) in [6.07, 6.45) is 1.94. The van der Waals surface area contributed by atoms with Gasteiger partial charge in [0.15, 0.2) is 0 Å². The first kappa shape index (κ1) is 11.5. The van der Waals surface area contributed by atoms with Gasteiger partial charge in [-0.3, -0.25) is 4.79 Å². The number of hydrogen-bond donors (Lipinski definition) is 0. The van der Waals surface area contributed by atoms with Crippen molar-refractivity contribution in [1.82, 2.24) is 0 Å². The zero-order valence-corrected chi connectivity index (χ0v) is 8.81. The van der Waals surface area contributed by atoms with Crippen LogP contribution in [0.1, 0.15) is 47.5 Å². The average Bonchev–Trinajstić information content (AvgIpc) is 1.84. The molecule has 0 bridgehead atoms. The molecule has 0 saturated heterocycles. The lowest BCUT2D eigenvalue weighted by Crippen LogP contribution is -2.27. The van der Waals surface area contributed by atoms with E-state index in [1.165, 1.54) is 0 Å². The van der Waals surface area contributed by atoms with Crippen molar-refractivity contribution in [2.45, 2.75) is 53.1 Å². The summed E-state index contributed by atoms with van der Waals surface area (Å²) in [5.41, 5.74) is -0.348. The van der Waals surface area contributed by atoms with Gasteiger partial charge in [0.1, 0.15) is 5.60 Å². The number of esters is 1. The summed E-state index contributed by atoms with van der Waals surface area (Å²) in [5.74, 6) is -0.0430. The molecule has 0 heterocycles. The fourth-order valence-electron chi connectivity index (χ4n) is 0.953. The lowest BCUT2D eigenvalue weighted by Gasteiger charge is -2.21. The van der Waals surface area contributed by atoms with Crippen molar-refractivity contribution in [3.05, 3.63) is 0 Å².